The number of amides is 1. The van der Waals surface area contributed by atoms with Gasteiger partial charge in [-0.15, -0.1) is 0 Å². The molecule has 7 heteroatoms. The summed E-state index contributed by atoms with van der Waals surface area (Å²) >= 11 is 0. The minimum absolute atomic E-state index is 0.0121. The molecule has 1 amide bonds. The lowest BCUT2D eigenvalue weighted by atomic mass is 10.0. The minimum atomic E-state index is -3.24. The van der Waals surface area contributed by atoms with Crippen molar-refractivity contribution < 1.29 is 13.2 Å². The molecule has 0 aromatic rings. The average molecular weight is 291 g/mol. The Morgan fingerprint density at radius 2 is 1.84 bits per heavy atom. The number of sulfonamides is 1. The van der Waals surface area contributed by atoms with Crippen molar-refractivity contribution in [3.05, 3.63) is 0 Å². The zero-order chi connectivity index (χ0) is 14.3. The van der Waals surface area contributed by atoms with Gasteiger partial charge in [0.25, 0.3) is 0 Å². The number of carbonyl (C=O) groups is 1. The zero-order valence-corrected chi connectivity index (χ0v) is 12.6. The van der Waals surface area contributed by atoms with Crippen molar-refractivity contribution in [3.63, 3.8) is 0 Å². The second-order valence-electron chi connectivity index (χ2n) is 4.77. The maximum Gasteiger partial charge on any atom is 0.223 e. The smallest absolute Gasteiger partial charge is 0.223 e. The SMILES string of the molecule is CCC(CC)C(=O)NCCS(=O)(=O)N1CCNCC1. The molecule has 0 radical (unpaired) electrons. The van der Waals surface area contributed by atoms with Gasteiger partial charge in [-0.3, -0.25) is 4.79 Å². The Balaban J connectivity index is 2.37. The van der Waals surface area contributed by atoms with Crippen LogP contribution in [0.25, 0.3) is 0 Å². The fourth-order valence-corrected chi connectivity index (χ4v) is 3.52. The molecule has 1 heterocycles. The third-order valence-corrected chi connectivity index (χ3v) is 5.36. The second kappa shape index (κ2) is 7.81. The molecule has 1 aliphatic heterocycles. The van der Waals surface area contributed by atoms with Crippen LogP contribution < -0.4 is 10.6 Å². The minimum Gasteiger partial charge on any atom is -0.355 e. The van der Waals surface area contributed by atoms with Crippen molar-refractivity contribution in [2.24, 2.45) is 5.92 Å². The van der Waals surface area contributed by atoms with Crippen molar-refractivity contribution in [1.29, 1.82) is 0 Å². The topological polar surface area (TPSA) is 78.5 Å². The van der Waals surface area contributed by atoms with Crippen LogP contribution in [-0.2, 0) is 14.8 Å². The molecule has 112 valence electrons. The lowest BCUT2D eigenvalue weighted by Crippen LogP contribution is -2.48. The van der Waals surface area contributed by atoms with Gasteiger partial charge in [0.1, 0.15) is 0 Å². The van der Waals surface area contributed by atoms with Gasteiger partial charge in [-0.25, -0.2) is 8.42 Å². The first-order valence-electron chi connectivity index (χ1n) is 6.97. The van der Waals surface area contributed by atoms with Gasteiger partial charge in [0.2, 0.25) is 15.9 Å². The van der Waals surface area contributed by atoms with E-state index in [-0.39, 0.29) is 24.1 Å². The largest absolute Gasteiger partial charge is 0.355 e. The predicted molar refractivity (Wildman–Crippen MR) is 75.3 cm³/mol. The first-order valence-corrected chi connectivity index (χ1v) is 8.58. The van der Waals surface area contributed by atoms with Gasteiger partial charge in [-0.2, -0.15) is 4.31 Å². The van der Waals surface area contributed by atoms with Crippen LogP contribution in [0.3, 0.4) is 0 Å². The first-order chi connectivity index (χ1) is 9.01. The van der Waals surface area contributed by atoms with Crippen LogP contribution in [0.1, 0.15) is 26.7 Å². The van der Waals surface area contributed by atoms with E-state index >= 15 is 0 Å². The van der Waals surface area contributed by atoms with E-state index < -0.39 is 10.0 Å². The summed E-state index contributed by atoms with van der Waals surface area (Å²) in [6.45, 7) is 6.54. The van der Waals surface area contributed by atoms with E-state index in [2.05, 4.69) is 10.6 Å². The van der Waals surface area contributed by atoms with Crippen LogP contribution in [0.4, 0.5) is 0 Å². The number of hydrogen-bond acceptors (Lipinski definition) is 4. The number of hydrogen-bond donors (Lipinski definition) is 2. The molecule has 0 atom stereocenters. The molecule has 1 aliphatic rings. The summed E-state index contributed by atoms with van der Waals surface area (Å²) in [6.07, 6.45) is 1.57. The Hall–Kier alpha value is -0.660. The number of rotatable bonds is 7. The normalized spacial score (nSPS) is 17.6. The molecule has 1 saturated heterocycles. The predicted octanol–water partition coefficient (Wildman–Crippen LogP) is -0.226. The van der Waals surface area contributed by atoms with E-state index in [4.69, 9.17) is 0 Å². The molecule has 0 aromatic heterocycles. The number of piperazine rings is 1. The molecule has 19 heavy (non-hydrogen) atoms. The Kier molecular flexibility index (Phi) is 6.74. The molecule has 0 aromatic carbocycles. The highest BCUT2D eigenvalue weighted by atomic mass is 32.2. The summed E-state index contributed by atoms with van der Waals surface area (Å²) in [5.74, 6) is -0.0683. The van der Waals surface area contributed by atoms with Crippen LogP contribution in [0, 0.1) is 5.92 Å². The van der Waals surface area contributed by atoms with E-state index in [1.165, 1.54) is 4.31 Å². The fraction of sp³-hybridized carbons (Fsp3) is 0.917. The monoisotopic (exact) mass is 291 g/mol. The van der Waals surface area contributed by atoms with E-state index in [1.54, 1.807) is 0 Å². The van der Waals surface area contributed by atoms with Crippen LogP contribution in [-0.4, -0.2) is 57.1 Å². The van der Waals surface area contributed by atoms with Crippen LogP contribution in [0.15, 0.2) is 0 Å². The number of carbonyl (C=O) groups excluding carboxylic acids is 1. The third-order valence-electron chi connectivity index (χ3n) is 3.48. The zero-order valence-electron chi connectivity index (χ0n) is 11.8. The van der Waals surface area contributed by atoms with Crippen LogP contribution in [0.2, 0.25) is 0 Å². The Labute approximate surface area is 116 Å². The summed E-state index contributed by atoms with van der Waals surface area (Å²) in [5.41, 5.74) is 0. The molecule has 1 rings (SSSR count). The van der Waals surface area contributed by atoms with Crippen LogP contribution >= 0.6 is 0 Å². The van der Waals surface area contributed by atoms with Gasteiger partial charge in [0, 0.05) is 38.6 Å². The van der Waals surface area contributed by atoms with Crippen molar-refractivity contribution in [2.45, 2.75) is 26.7 Å². The first kappa shape index (κ1) is 16.4. The maximum atomic E-state index is 12.0. The average Bonchev–Trinajstić information content (AvgIpc) is 2.41. The van der Waals surface area contributed by atoms with E-state index in [1.807, 2.05) is 13.8 Å². The molecule has 0 saturated carbocycles. The molecule has 0 bridgehead atoms. The van der Waals surface area contributed by atoms with Crippen molar-refractivity contribution in [2.75, 3.05) is 38.5 Å². The fourth-order valence-electron chi connectivity index (χ4n) is 2.16. The molecule has 6 nitrogen and oxygen atoms in total. The summed E-state index contributed by atoms with van der Waals surface area (Å²) in [7, 11) is -3.24. The highest BCUT2D eigenvalue weighted by molar-refractivity contribution is 7.89. The second-order valence-corrected chi connectivity index (χ2v) is 6.86. The van der Waals surface area contributed by atoms with Crippen LogP contribution in [0.5, 0.6) is 0 Å². The summed E-state index contributed by atoms with van der Waals surface area (Å²) < 4.78 is 25.5. The van der Waals surface area contributed by atoms with E-state index in [9.17, 15) is 13.2 Å². The van der Waals surface area contributed by atoms with Crippen molar-refractivity contribution in [3.8, 4) is 0 Å². The van der Waals surface area contributed by atoms with Gasteiger partial charge < -0.3 is 10.6 Å². The van der Waals surface area contributed by atoms with Gasteiger partial charge >= 0.3 is 0 Å². The molecule has 0 spiro atoms. The Morgan fingerprint density at radius 3 is 2.37 bits per heavy atom. The standard InChI is InChI=1S/C12H25N3O3S/c1-3-11(4-2)12(16)14-7-10-19(17,18)15-8-5-13-6-9-15/h11,13H,3-10H2,1-2H3,(H,14,16). The van der Waals surface area contributed by atoms with Gasteiger partial charge in [-0.1, -0.05) is 13.8 Å². The van der Waals surface area contributed by atoms with E-state index in [0.29, 0.717) is 26.2 Å². The Bertz CT molecular complexity index is 374. The van der Waals surface area contributed by atoms with Crippen molar-refractivity contribution >= 4 is 15.9 Å². The van der Waals surface area contributed by atoms with Gasteiger partial charge in [0.05, 0.1) is 5.75 Å². The highest BCUT2D eigenvalue weighted by Gasteiger charge is 2.23. The van der Waals surface area contributed by atoms with Gasteiger partial charge in [-0.05, 0) is 12.8 Å². The maximum absolute atomic E-state index is 12.0. The molecular formula is C12H25N3O3S. The lowest BCUT2D eigenvalue weighted by molar-refractivity contribution is -0.125. The number of nitrogens with one attached hydrogen (secondary N) is 2. The molecule has 2 N–H and O–H groups in total. The van der Waals surface area contributed by atoms with Crippen molar-refractivity contribution in [1.82, 2.24) is 14.9 Å². The highest BCUT2D eigenvalue weighted by Crippen LogP contribution is 2.07. The number of nitrogens with zero attached hydrogens (tertiary/aromatic N) is 1. The summed E-state index contributed by atoms with van der Waals surface area (Å²) in [4.78, 5) is 11.7. The molecular weight excluding hydrogens is 266 g/mol. The summed E-state index contributed by atoms with van der Waals surface area (Å²) in [5, 5.41) is 5.83. The molecule has 0 unspecified atom stereocenters. The Morgan fingerprint density at radius 1 is 1.26 bits per heavy atom. The quantitative estimate of drug-likeness (QED) is 0.679. The van der Waals surface area contributed by atoms with Gasteiger partial charge in [0.15, 0.2) is 0 Å². The molecule has 1 fully saturated rings. The third kappa shape index (κ3) is 5.08. The summed E-state index contributed by atoms with van der Waals surface area (Å²) in [6, 6.07) is 0. The lowest BCUT2D eigenvalue weighted by Gasteiger charge is -2.26. The molecule has 0 aliphatic carbocycles. The van der Waals surface area contributed by atoms with E-state index in [0.717, 1.165) is 12.8 Å².